The number of para-hydroxylation sites is 1. The predicted octanol–water partition coefficient (Wildman–Crippen LogP) is 3.63. The summed E-state index contributed by atoms with van der Waals surface area (Å²) in [6.07, 6.45) is 0. The number of tetrazole rings is 1. The highest BCUT2D eigenvalue weighted by atomic mass is 79.9. The smallest absolute Gasteiger partial charge is 0.247 e. The number of benzene rings is 2. The summed E-state index contributed by atoms with van der Waals surface area (Å²) in [6.45, 7) is 0.786. The zero-order valence-corrected chi connectivity index (χ0v) is 14.1. The average molecular weight is 376 g/mol. The quantitative estimate of drug-likeness (QED) is 0.526. The second kappa shape index (κ2) is 7.42. The Kier molecular flexibility index (Phi) is 5.07. The van der Waals surface area contributed by atoms with Crippen molar-refractivity contribution in [3.63, 3.8) is 0 Å². The fourth-order valence-corrected chi connectivity index (χ4v) is 2.94. The van der Waals surface area contributed by atoms with Gasteiger partial charge in [0.1, 0.15) is 0 Å². The summed E-state index contributed by atoms with van der Waals surface area (Å²) in [5.41, 5.74) is 0.940. The number of rotatable bonds is 6. The van der Waals surface area contributed by atoms with Crippen LogP contribution in [0.1, 0.15) is 0 Å². The zero-order valence-electron chi connectivity index (χ0n) is 11.7. The topological polar surface area (TPSA) is 55.6 Å². The maximum Gasteiger partial charge on any atom is 0.247 e. The van der Waals surface area contributed by atoms with E-state index < -0.39 is 0 Å². The van der Waals surface area contributed by atoms with E-state index in [2.05, 4.69) is 48.9 Å². The SMILES string of the molecule is Brc1ccc(SCCNc2nnnn2-c2ccccc2)cc1. The Morgan fingerprint density at radius 1 is 1.05 bits per heavy atom. The van der Waals surface area contributed by atoms with Crippen LogP contribution in [0.4, 0.5) is 5.95 Å². The van der Waals surface area contributed by atoms with Gasteiger partial charge in [0.15, 0.2) is 0 Å². The van der Waals surface area contributed by atoms with Crippen LogP contribution in [-0.4, -0.2) is 32.5 Å². The van der Waals surface area contributed by atoms with Crippen molar-refractivity contribution in [3.8, 4) is 5.69 Å². The first-order chi connectivity index (χ1) is 10.8. The molecule has 0 aliphatic heterocycles. The molecule has 0 atom stereocenters. The normalized spacial score (nSPS) is 10.6. The molecule has 5 nitrogen and oxygen atoms in total. The fraction of sp³-hybridized carbons (Fsp3) is 0.133. The summed E-state index contributed by atoms with van der Waals surface area (Å²) in [6, 6.07) is 18.1. The van der Waals surface area contributed by atoms with Gasteiger partial charge in [-0.05, 0) is 46.8 Å². The second-order valence-corrected chi connectivity index (χ2v) is 6.56. The van der Waals surface area contributed by atoms with Crippen molar-refractivity contribution in [2.75, 3.05) is 17.6 Å². The van der Waals surface area contributed by atoms with Gasteiger partial charge in [0.05, 0.1) is 5.69 Å². The van der Waals surface area contributed by atoms with Crippen molar-refractivity contribution in [1.82, 2.24) is 20.2 Å². The molecule has 0 bridgehead atoms. The third-order valence-corrected chi connectivity index (χ3v) is 4.48. The van der Waals surface area contributed by atoms with Crippen LogP contribution in [0.2, 0.25) is 0 Å². The summed E-state index contributed by atoms with van der Waals surface area (Å²) in [5, 5.41) is 15.0. The lowest BCUT2D eigenvalue weighted by Gasteiger charge is -2.07. The minimum atomic E-state index is 0.655. The highest BCUT2D eigenvalue weighted by molar-refractivity contribution is 9.10. The lowest BCUT2D eigenvalue weighted by molar-refractivity contribution is 0.790. The molecule has 0 aliphatic rings. The molecule has 7 heteroatoms. The van der Waals surface area contributed by atoms with Gasteiger partial charge < -0.3 is 5.32 Å². The van der Waals surface area contributed by atoms with Crippen LogP contribution in [0.15, 0.2) is 64.0 Å². The van der Waals surface area contributed by atoms with Crippen LogP contribution in [0.5, 0.6) is 0 Å². The third kappa shape index (κ3) is 3.86. The van der Waals surface area contributed by atoms with Gasteiger partial charge >= 0.3 is 0 Å². The Bertz CT molecular complexity index is 714. The van der Waals surface area contributed by atoms with Gasteiger partial charge in [-0.3, -0.25) is 0 Å². The predicted molar refractivity (Wildman–Crippen MR) is 92.5 cm³/mol. The molecular formula is C15H14BrN5S. The molecule has 0 amide bonds. The van der Waals surface area contributed by atoms with Gasteiger partial charge in [0.2, 0.25) is 5.95 Å². The molecule has 1 heterocycles. The van der Waals surface area contributed by atoms with Gasteiger partial charge in [-0.2, -0.15) is 4.68 Å². The van der Waals surface area contributed by atoms with E-state index in [-0.39, 0.29) is 0 Å². The summed E-state index contributed by atoms with van der Waals surface area (Å²) in [5.74, 6) is 1.59. The van der Waals surface area contributed by atoms with E-state index in [1.54, 1.807) is 16.4 Å². The van der Waals surface area contributed by atoms with Gasteiger partial charge in [0.25, 0.3) is 0 Å². The monoisotopic (exact) mass is 375 g/mol. The number of nitrogens with zero attached hydrogens (tertiary/aromatic N) is 4. The molecule has 0 fully saturated rings. The van der Waals surface area contributed by atoms with Gasteiger partial charge in [-0.1, -0.05) is 39.2 Å². The zero-order chi connectivity index (χ0) is 15.2. The minimum absolute atomic E-state index is 0.655. The van der Waals surface area contributed by atoms with Crippen LogP contribution in [0, 0.1) is 0 Å². The van der Waals surface area contributed by atoms with Crippen molar-refractivity contribution in [3.05, 3.63) is 59.1 Å². The minimum Gasteiger partial charge on any atom is -0.352 e. The lowest BCUT2D eigenvalue weighted by Crippen LogP contribution is -2.10. The van der Waals surface area contributed by atoms with E-state index in [9.17, 15) is 0 Å². The number of thioether (sulfide) groups is 1. The maximum atomic E-state index is 4.02. The Balaban J connectivity index is 1.54. The van der Waals surface area contributed by atoms with Crippen LogP contribution >= 0.6 is 27.7 Å². The number of hydrogen-bond donors (Lipinski definition) is 1. The molecule has 1 aromatic heterocycles. The number of anilines is 1. The molecular weight excluding hydrogens is 362 g/mol. The standard InChI is InChI=1S/C15H14BrN5S/c16-12-6-8-14(9-7-12)22-11-10-17-15-18-19-20-21(15)13-4-2-1-3-5-13/h1-9H,10-11H2,(H,17,18,20). The van der Waals surface area contributed by atoms with E-state index in [0.717, 1.165) is 22.5 Å². The van der Waals surface area contributed by atoms with Crippen molar-refractivity contribution in [2.45, 2.75) is 4.90 Å². The molecule has 3 rings (SSSR count). The first-order valence-corrected chi connectivity index (χ1v) is 8.57. The van der Waals surface area contributed by atoms with Gasteiger partial charge in [-0.25, -0.2) is 0 Å². The number of halogens is 1. The van der Waals surface area contributed by atoms with E-state index in [0.29, 0.717) is 5.95 Å². The van der Waals surface area contributed by atoms with Crippen LogP contribution in [0.25, 0.3) is 5.69 Å². The molecule has 0 spiro atoms. The Morgan fingerprint density at radius 3 is 2.59 bits per heavy atom. The van der Waals surface area contributed by atoms with E-state index >= 15 is 0 Å². The molecule has 0 saturated heterocycles. The first-order valence-electron chi connectivity index (χ1n) is 6.79. The summed E-state index contributed by atoms with van der Waals surface area (Å²) >= 11 is 5.23. The number of aromatic nitrogens is 4. The summed E-state index contributed by atoms with van der Waals surface area (Å²) in [7, 11) is 0. The largest absolute Gasteiger partial charge is 0.352 e. The average Bonchev–Trinajstić information content (AvgIpc) is 3.02. The van der Waals surface area contributed by atoms with Crippen molar-refractivity contribution in [1.29, 1.82) is 0 Å². The highest BCUT2D eigenvalue weighted by Crippen LogP contribution is 2.20. The van der Waals surface area contributed by atoms with Crippen LogP contribution in [-0.2, 0) is 0 Å². The molecule has 0 radical (unpaired) electrons. The molecule has 0 saturated carbocycles. The van der Waals surface area contributed by atoms with Crippen LogP contribution in [0.3, 0.4) is 0 Å². The second-order valence-electron chi connectivity index (χ2n) is 4.48. The third-order valence-electron chi connectivity index (χ3n) is 2.94. The summed E-state index contributed by atoms with van der Waals surface area (Å²) in [4.78, 5) is 1.24. The summed E-state index contributed by atoms with van der Waals surface area (Å²) < 4.78 is 2.79. The number of hydrogen-bond acceptors (Lipinski definition) is 5. The Morgan fingerprint density at radius 2 is 1.82 bits per heavy atom. The van der Waals surface area contributed by atoms with Crippen molar-refractivity contribution in [2.24, 2.45) is 0 Å². The van der Waals surface area contributed by atoms with Crippen LogP contribution < -0.4 is 5.32 Å². The van der Waals surface area contributed by atoms with Gasteiger partial charge in [0, 0.05) is 21.7 Å². The highest BCUT2D eigenvalue weighted by Gasteiger charge is 2.06. The van der Waals surface area contributed by atoms with Crippen molar-refractivity contribution >= 4 is 33.6 Å². The molecule has 1 N–H and O–H groups in total. The van der Waals surface area contributed by atoms with Gasteiger partial charge in [-0.15, -0.1) is 11.8 Å². The molecule has 22 heavy (non-hydrogen) atoms. The first kappa shape index (κ1) is 15.1. The van der Waals surface area contributed by atoms with E-state index in [4.69, 9.17) is 0 Å². The Labute approximate surface area is 141 Å². The van der Waals surface area contributed by atoms with E-state index in [1.807, 2.05) is 42.5 Å². The number of nitrogens with one attached hydrogen (secondary N) is 1. The lowest BCUT2D eigenvalue weighted by atomic mass is 10.3. The molecule has 0 aliphatic carbocycles. The molecule has 3 aromatic rings. The Hall–Kier alpha value is -1.86. The van der Waals surface area contributed by atoms with E-state index in [1.165, 1.54) is 4.90 Å². The maximum absolute atomic E-state index is 4.02. The molecule has 2 aromatic carbocycles. The fourth-order valence-electron chi connectivity index (χ4n) is 1.90. The molecule has 0 unspecified atom stereocenters. The van der Waals surface area contributed by atoms with Crippen molar-refractivity contribution < 1.29 is 0 Å². The molecule has 112 valence electrons.